The van der Waals surface area contributed by atoms with E-state index in [-0.39, 0.29) is 11.9 Å². The van der Waals surface area contributed by atoms with E-state index in [0.29, 0.717) is 36.6 Å². The third-order valence-electron chi connectivity index (χ3n) is 7.95. The Bertz CT molecular complexity index is 1510. The molecule has 3 aromatic carbocycles. The Hall–Kier alpha value is -3.82. The van der Waals surface area contributed by atoms with Crippen LogP contribution in [0.5, 0.6) is 0 Å². The lowest BCUT2D eigenvalue weighted by Crippen LogP contribution is -2.30. The van der Waals surface area contributed by atoms with E-state index in [9.17, 15) is 13.6 Å². The van der Waals surface area contributed by atoms with E-state index in [0.717, 1.165) is 60.7 Å². The van der Waals surface area contributed by atoms with Crippen LogP contribution in [0.3, 0.4) is 0 Å². The number of hydrogen-bond donors (Lipinski definition) is 3. The van der Waals surface area contributed by atoms with Gasteiger partial charge in [-0.1, -0.05) is 18.6 Å². The second kappa shape index (κ2) is 12.4. The van der Waals surface area contributed by atoms with Crippen molar-refractivity contribution in [3.63, 3.8) is 0 Å². The molecule has 0 bridgehead atoms. The van der Waals surface area contributed by atoms with Gasteiger partial charge < -0.3 is 15.4 Å². The number of benzene rings is 3. The summed E-state index contributed by atoms with van der Waals surface area (Å²) in [7, 11) is 0. The van der Waals surface area contributed by atoms with Gasteiger partial charge in [-0.05, 0) is 98.3 Å². The maximum Gasteiger partial charge on any atom is 0.258 e. The number of aromatic amines is 1. The Morgan fingerprint density at radius 1 is 0.927 bits per heavy atom. The van der Waals surface area contributed by atoms with Gasteiger partial charge in [0.15, 0.2) is 5.82 Å². The number of piperidine rings is 1. The van der Waals surface area contributed by atoms with E-state index in [2.05, 4.69) is 31.8 Å². The summed E-state index contributed by atoms with van der Waals surface area (Å²) < 4.78 is 33.0. The Kier molecular flexibility index (Phi) is 8.25. The Morgan fingerprint density at radius 3 is 2.46 bits per heavy atom. The average Bonchev–Trinajstić information content (AvgIpc) is 3.35. The number of nitrogens with one attached hydrogen (secondary N) is 3. The number of aromatic nitrogens is 2. The van der Waals surface area contributed by atoms with Crippen LogP contribution in [0.15, 0.2) is 54.6 Å². The first-order valence-corrected chi connectivity index (χ1v) is 14.4. The molecule has 1 aromatic heterocycles. The van der Waals surface area contributed by atoms with Gasteiger partial charge in [0.1, 0.15) is 11.6 Å². The first kappa shape index (κ1) is 27.4. The number of hydrogen-bond acceptors (Lipinski definition) is 5. The molecule has 2 saturated heterocycles. The number of anilines is 2. The molecule has 41 heavy (non-hydrogen) atoms. The van der Waals surface area contributed by atoms with Crippen molar-refractivity contribution in [3.05, 3.63) is 88.5 Å². The Morgan fingerprint density at radius 2 is 1.68 bits per heavy atom. The molecule has 0 aliphatic carbocycles. The molecule has 1 amide bonds. The molecule has 7 nitrogen and oxygen atoms in total. The van der Waals surface area contributed by atoms with E-state index in [1.807, 2.05) is 30.3 Å². The summed E-state index contributed by atoms with van der Waals surface area (Å²) in [5.74, 6) is -1.06. The number of amides is 1. The van der Waals surface area contributed by atoms with E-state index in [1.54, 1.807) is 0 Å². The molecule has 4 aromatic rings. The molecule has 0 atom stereocenters. The van der Waals surface area contributed by atoms with Gasteiger partial charge in [0.25, 0.3) is 5.91 Å². The van der Waals surface area contributed by atoms with Gasteiger partial charge in [0.2, 0.25) is 0 Å². The summed E-state index contributed by atoms with van der Waals surface area (Å²) >= 11 is 0. The molecule has 2 aliphatic heterocycles. The second-order valence-electron chi connectivity index (χ2n) is 11.1. The molecule has 0 unspecified atom stereocenters. The monoisotopic (exact) mass is 559 g/mol. The highest BCUT2D eigenvalue weighted by Crippen LogP contribution is 2.27. The lowest BCUT2D eigenvalue weighted by atomic mass is 10.0. The Labute approximate surface area is 238 Å². The normalized spacial score (nSPS) is 16.6. The molecule has 9 heteroatoms. The predicted molar refractivity (Wildman–Crippen MR) is 156 cm³/mol. The molecular weight excluding hydrogens is 524 g/mol. The number of rotatable bonds is 8. The summed E-state index contributed by atoms with van der Waals surface area (Å²) in [6.07, 6.45) is 5.87. The lowest BCUT2D eigenvalue weighted by molar-refractivity contribution is 0.0904. The van der Waals surface area contributed by atoms with Crippen LogP contribution in [-0.4, -0.2) is 53.3 Å². The van der Waals surface area contributed by atoms with Crippen LogP contribution in [0, 0.1) is 11.6 Å². The smallest absolute Gasteiger partial charge is 0.258 e. The van der Waals surface area contributed by atoms with Crippen molar-refractivity contribution in [2.45, 2.75) is 51.1 Å². The summed E-state index contributed by atoms with van der Waals surface area (Å²) in [5, 5.41) is 14.7. The van der Waals surface area contributed by atoms with Gasteiger partial charge in [-0.2, -0.15) is 5.10 Å². The summed E-state index contributed by atoms with van der Waals surface area (Å²) in [6.45, 7) is 4.49. The quantitative estimate of drug-likeness (QED) is 0.237. The fourth-order valence-corrected chi connectivity index (χ4v) is 5.83. The molecule has 2 aliphatic rings. The van der Waals surface area contributed by atoms with Gasteiger partial charge in [-0.25, -0.2) is 8.78 Å². The van der Waals surface area contributed by atoms with E-state index < -0.39 is 11.6 Å². The van der Waals surface area contributed by atoms with Crippen LogP contribution in [0.2, 0.25) is 0 Å². The third kappa shape index (κ3) is 6.74. The summed E-state index contributed by atoms with van der Waals surface area (Å²) in [5.41, 5.74) is 4.69. The molecule has 0 spiro atoms. The highest BCUT2D eigenvalue weighted by Gasteiger charge is 2.21. The first-order valence-electron chi connectivity index (χ1n) is 14.4. The molecule has 3 heterocycles. The SMILES string of the molecule is O=C(Nc1n[nH]c2ccc(Cc3cc(F)cc(F)c3)cc12)c1ccc(CN2CCCCC2)cc1NC1CCOCC1. The fraction of sp³-hybridized carbons (Fsp3) is 0.375. The van der Waals surface area contributed by atoms with Crippen LogP contribution in [0.1, 0.15) is 59.2 Å². The van der Waals surface area contributed by atoms with Crippen molar-refractivity contribution in [1.82, 2.24) is 15.1 Å². The van der Waals surface area contributed by atoms with Gasteiger partial charge in [0.05, 0.1) is 11.1 Å². The van der Waals surface area contributed by atoms with Crippen molar-refractivity contribution < 1.29 is 18.3 Å². The zero-order valence-electron chi connectivity index (χ0n) is 23.0. The number of H-pyrrole nitrogens is 1. The number of carbonyl (C=O) groups excluding carboxylic acids is 1. The zero-order chi connectivity index (χ0) is 28.2. The maximum absolute atomic E-state index is 13.7. The number of carbonyl (C=O) groups is 1. The van der Waals surface area contributed by atoms with Crippen LogP contribution < -0.4 is 10.6 Å². The molecule has 0 radical (unpaired) electrons. The fourth-order valence-electron chi connectivity index (χ4n) is 5.83. The number of likely N-dealkylation sites (tertiary alicyclic amines) is 1. The standard InChI is InChI=1S/C32H35F2N5O2/c33-24-15-23(16-25(34)19-24)14-21-5-7-29-28(17-21)31(38-37-29)36-32(40)27-6-4-22(20-39-10-2-1-3-11-39)18-30(27)35-26-8-12-41-13-9-26/h4-7,15-19,26,35H,1-3,8-14,20H2,(H2,36,37,38,40). The predicted octanol–water partition coefficient (Wildman–Crippen LogP) is 6.26. The minimum absolute atomic E-state index is 0.238. The number of ether oxygens (including phenoxy) is 1. The molecule has 214 valence electrons. The highest BCUT2D eigenvalue weighted by molar-refractivity contribution is 6.10. The zero-order valence-corrected chi connectivity index (χ0v) is 23.0. The molecule has 0 saturated carbocycles. The minimum Gasteiger partial charge on any atom is -0.381 e. The van der Waals surface area contributed by atoms with Gasteiger partial charge in [-0.3, -0.25) is 14.8 Å². The Balaban J connectivity index is 1.24. The van der Waals surface area contributed by atoms with E-state index >= 15 is 0 Å². The van der Waals surface area contributed by atoms with E-state index in [1.165, 1.54) is 37.0 Å². The largest absolute Gasteiger partial charge is 0.381 e. The average molecular weight is 560 g/mol. The summed E-state index contributed by atoms with van der Waals surface area (Å²) in [6, 6.07) is 15.4. The molecule has 6 rings (SSSR count). The van der Waals surface area contributed by atoms with Crippen molar-refractivity contribution in [2.24, 2.45) is 0 Å². The van der Waals surface area contributed by atoms with Crippen LogP contribution >= 0.6 is 0 Å². The first-order chi connectivity index (χ1) is 20.0. The van der Waals surface area contributed by atoms with Gasteiger partial charge >= 0.3 is 0 Å². The van der Waals surface area contributed by atoms with E-state index in [4.69, 9.17) is 4.74 Å². The van der Waals surface area contributed by atoms with Gasteiger partial charge in [0, 0.05) is 42.9 Å². The van der Waals surface area contributed by atoms with Crippen molar-refractivity contribution in [1.29, 1.82) is 0 Å². The van der Waals surface area contributed by atoms with Crippen molar-refractivity contribution >= 4 is 28.3 Å². The maximum atomic E-state index is 13.7. The van der Waals surface area contributed by atoms with Crippen molar-refractivity contribution in [2.75, 3.05) is 36.9 Å². The van der Waals surface area contributed by atoms with Crippen LogP contribution in [0.25, 0.3) is 10.9 Å². The lowest BCUT2D eigenvalue weighted by Gasteiger charge is -2.28. The minimum atomic E-state index is -0.607. The van der Waals surface area contributed by atoms with Gasteiger partial charge in [-0.15, -0.1) is 0 Å². The number of fused-ring (bicyclic) bond motifs is 1. The van der Waals surface area contributed by atoms with Crippen molar-refractivity contribution in [3.8, 4) is 0 Å². The topological polar surface area (TPSA) is 82.3 Å². The third-order valence-corrected chi connectivity index (χ3v) is 7.95. The number of nitrogens with zero attached hydrogens (tertiary/aromatic N) is 2. The highest BCUT2D eigenvalue weighted by atomic mass is 19.1. The molecular formula is C32H35F2N5O2. The second-order valence-corrected chi connectivity index (χ2v) is 11.1. The number of halogens is 2. The summed E-state index contributed by atoms with van der Waals surface area (Å²) in [4.78, 5) is 16.1. The molecule has 3 N–H and O–H groups in total. The van der Waals surface area contributed by atoms with Crippen LogP contribution in [-0.2, 0) is 17.7 Å². The molecule has 2 fully saturated rings. The van der Waals surface area contributed by atoms with Crippen LogP contribution in [0.4, 0.5) is 20.3 Å².